The Labute approximate surface area is 106 Å². The molecule has 0 spiro atoms. The van der Waals surface area contributed by atoms with Crippen LogP contribution in [0.2, 0.25) is 0 Å². The van der Waals surface area contributed by atoms with Gasteiger partial charge < -0.3 is 9.64 Å². The molecule has 2 rings (SSSR count). The number of esters is 1. The molecule has 0 aliphatic carbocycles. The van der Waals surface area contributed by atoms with Crippen molar-refractivity contribution in [3.63, 3.8) is 0 Å². The third kappa shape index (κ3) is 2.14. The zero-order valence-electron chi connectivity index (χ0n) is 10.3. The molecule has 1 aliphatic heterocycles. The number of carbonyl (C=O) groups is 2. The smallest absolute Gasteiger partial charge is 0.305 e. The summed E-state index contributed by atoms with van der Waals surface area (Å²) in [5.41, 5.74) is 2.18. The average Bonchev–Trinajstić information content (AvgIpc) is 2.64. The van der Waals surface area contributed by atoms with Crippen LogP contribution in [0.1, 0.15) is 29.3 Å². The van der Waals surface area contributed by atoms with Gasteiger partial charge in [0.25, 0.3) is 5.91 Å². The highest BCUT2D eigenvalue weighted by molar-refractivity contribution is 6.08. The summed E-state index contributed by atoms with van der Waals surface area (Å²) in [4.78, 5) is 24.6. The summed E-state index contributed by atoms with van der Waals surface area (Å²) in [6.45, 7) is 6.19. The van der Waals surface area contributed by atoms with E-state index in [2.05, 4.69) is 6.58 Å². The van der Waals surface area contributed by atoms with Crippen LogP contribution < -0.4 is 0 Å². The number of carbonyl (C=O) groups excluding carboxylic acids is 2. The summed E-state index contributed by atoms with van der Waals surface area (Å²) < 4.78 is 4.97. The molecule has 1 aliphatic rings. The van der Waals surface area contributed by atoms with Crippen molar-refractivity contribution >= 4 is 17.6 Å². The Morgan fingerprint density at radius 3 is 2.61 bits per heavy atom. The van der Waals surface area contributed by atoms with Gasteiger partial charge in [-0.3, -0.25) is 9.59 Å². The summed E-state index contributed by atoms with van der Waals surface area (Å²) in [5.74, 6) is -0.340. The Hall–Kier alpha value is -2.10. The van der Waals surface area contributed by atoms with Gasteiger partial charge in [-0.15, -0.1) is 0 Å². The van der Waals surface area contributed by atoms with Crippen LogP contribution >= 0.6 is 0 Å². The molecule has 4 heteroatoms. The van der Waals surface area contributed by atoms with Crippen molar-refractivity contribution in [2.24, 2.45) is 0 Å². The number of nitrogens with zero attached hydrogens (tertiary/aromatic N) is 1. The lowest BCUT2D eigenvalue weighted by Gasteiger charge is -2.16. The summed E-state index contributed by atoms with van der Waals surface area (Å²) in [6.07, 6.45) is 0.342. The van der Waals surface area contributed by atoms with Gasteiger partial charge in [0.2, 0.25) is 0 Å². The molecule has 0 fully saturated rings. The molecule has 0 saturated heterocycles. The SMILES string of the molecule is C=C1c2ccccc2C(=O)N1CCOC(=O)CC. The van der Waals surface area contributed by atoms with Gasteiger partial charge in [0.1, 0.15) is 6.61 Å². The molecule has 0 unspecified atom stereocenters. The normalized spacial score (nSPS) is 13.7. The molecule has 0 N–H and O–H groups in total. The summed E-state index contributed by atoms with van der Waals surface area (Å²) in [7, 11) is 0. The van der Waals surface area contributed by atoms with Crippen LogP contribution in [-0.2, 0) is 9.53 Å². The maximum atomic E-state index is 12.1. The molecule has 4 nitrogen and oxygen atoms in total. The topological polar surface area (TPSA) is 46.6 Å². The van der Waals surface area contributed by atoms with Crippen LogP contribution in [0.25, 0.3) is 5.70 Å². The number of benzene rings is 1. The quantitative estimate of drug-likeness (QED) is 0.763. The minimum absolute atomic E-state index is 0.0804. The molecule has 0 saturated carbocycles. The first-order chi connectivity index (χ1) is 8.65. The zero-order chi connectivity index (χ0) is 13.1. The van der Waals surface area contributed by atoms with Crippen LogP contribution in [0, 0.1) is 0 Å². The van der Waals surface area contributed by atoms with E-state index < -0.39 is 0 Å². The Bertz CT molecular complexity index is 473. The fourth-order valence-corrected chi connectivity index (χ4v) is 1.92. The van der Waals surface area contributed by atoms with Crippen molar-refractivity contribution in [1.29, 1.82) is 0 Å². The minimum Gasteiger partial charge on any atom is -0.464 e. The molecule has 1 heterocycles. The lowest BCUT2D eigenvalue weighted by atomic mass is 10.1. The number of hydrogen-bond donors (Lipinski definition) is 0. The monoisotopic (exact) mass is 245 g/mol. The van der Waals surface area contributed by atoms with Crippen molar-refractivity contribution in [3.8, 4) is 0 Å². The third-order valence-corrected chi connectivity index (χ3v) is 2.91. The maximum Gasteiger partial charge on any atom is 0.305 e. The van der Waals surface area contributed by atoms with E-state index in [4.69, 9.17) is 4.74 Å². The summed E-state index contributed by atoms with van der Waals surface area (Å²) in [5, 5.41) is 0. The first-order valence-electron chi connectivity index (χ1n) is 5.91. The molecule has 1 amide bonds. The summed E-state index contributed by atoms with van der Waals surface area (Å²) >= 11 is 0. The molecular formula is C14H15NO3. The maximum absolute atomic E-state index is 12.1. The van der Waals surface area contributed by atoms with E-state index in [0.717, 1.165) is 5.56 Å². The van der Waals surface area contributed by atoms with Crippen molar-refractivity contribution in [3.05, 3.63) is 42.0 Å². The highest BCUT2D eigenvalue weighted by Crippen LogP contribution is 2.30. The lowest BCUT2D eigenvalue weighted by Crippen LogP contribution is -2.27. The third-order valence-electron chi connectivity index (χ3n) is 2.91. The standard InChI is InChI=1S/C14H15NO3/c1-3-13(16)18-9-8-15-10(2)11-6-4-5-7-12(11)14(15)17/h4-7H,2-3,8-9H2,1H3. The first-order valence-corrected chi connectivity index (χ1v) is 5.91. The fourth-order valence-electron chi connectivity index (χ4n) is 1.92. The van der Waals surface area contributed by atoms with Crippen LogP contribution in [-0.4, -0.2) is 29.9 Å². The van der Waals surface area contributed by atoms with E-state index in [1.807, 2.05) is 18.2 Å². The molecule has 1 aromatic carbocycles. The van der Waals surface area contributed by atoms with Crippen molar-refractivity contribution in [2.45, 2.75) is 13.3 Å². The molecule has 94 valence electrons. The van der Waals surface area contributed by atoms with E-state index in [9.17, 15) is 9.59 Å². The van der Waals surface area contributed by atoms with Gasteiger partial charge >= 0.3 is 5.97 Å². The predicted molar refractivity (Wildman–Crippen MR) is 67.8 cm³/mol. The summed E-state index contributed by atoms with van der Waals surface area (Å²) in [6, 6.07) is 7.34. The second-order valence-corrected chi connectivity index (χ2v) is 4.02. The number of amides is 1. The number of hydrogen-bond acceptors (Lipinski definition) is 3. The van der Waals surface area contributed by atoms with Crippen molar-refractivity contribution in [2.75, 3.05) is 13.2 Å². The Balaban J connectivity index is 2.03. The number of ether oxygens (including phenoxy) is 1. The highest BCUT2D eigenvalue weighted by Gasteiger charge is 2.30. The van der Waals surface area contributed by atoms with Crippen LogP contribution in [0.3, 0.4) is 0 Å². The van der Waals surface area contributed by atoms with Gasteiger partial charge in [-0.1, -0.05) is 31.7 Å². The van der Waals surface area contributed by atoms with Gasteiger partial charge in [-0.2, -0.15) is 0 Å². The van der Waals surface area contributed by atoms with Gasteiger partial charge in [0.15, 0.2) is 0 Å². The van der Waals surface area contributed by atoms with E-state index in [-0.39, 0.29) is 18.5 Å². The Kier molecular flexibility index (Phi) is 3.46. The van der Waals surface area contributed by atoms with Crippen LogP contribution in [0.15, 0.2) is 30.8 Å². The Morgan fingerprint density at radius 2 is 2.00 bits per heavy atom. The van der Waals surface area contributed by atoms with Crippen molar-refractivity contribution < 1.29 is 14.3 Å². The number of rotatable bonds is 4. The Morgan fingerprint density at radius 1 is 1.33 bits per heavy atom. The van der Waals surface area contributed by atoms with Crippen molar-refractivity contribution in [1.82, 2.24) is 4.90 Å². The first kappa shape index (κ1) is 12.4. The molecule has 0 atom stereocenters. The van der Waals surface area contributed by atoms with Crippen LogP contribution in [0.5, 0.6) is 0 Å². The minimum atomic E-state index is -0.259. The van der Waals surface area contributed by atoms with E-state index >= 15 is 0 Å². The largest absolute Gasteiger partial charge is 0.464 e. The lowest BCUT2D eigenvalue weighted by molar-refractivity contribution is -0.143. The highest BCUT2D eigenvalue weighted by atomic mass is 16.5. The molecule has 18 heavy (non-hydrogen) atoms. The van der Waals surface area contributed by atoms with Gasteiger partial charge in [0.05, 0.1) is 6.54 Å². The number of fused-ring (bicyclic) bond motifs is 1. The second-order valence-electron chi connectivity index (χ2n) is 4.02. The van der Waals surface area contributed by atoms with E-state index in [0.29, 0.717) is 24.2 Å². The van der Waals surface area contributed by atoms with Gasteiger partial charge in [-0.05, 0) is 6.07 Å². The molecule has 1 aromatic rings. The second kappa shape index (κ2) is 5.04. The predicted octanol–water partition coefficient (Wildman–Crippen LogP) is 2.07. The van der Waals surface area contributed by atoms with Crippen LogP contribution in [0.4, 0.5) is 0 Å². The molecule has 0 aromatic heterocycles. The molecule has 0 radical (unpaired) electrons. The van der Waals surface area contributed by atoms with E-state index in [1.54, 1.807) is 17.9 Å². The zero-order valence-corrected chi connectivity index (χ0v) is 10.3. The van der Waals surface area contributed by atoms with Gasteiger partial charge in [0, 0.05) is 23.2 Å². The average molecular weight is 245 g/mol. The van der Waals surface area contributed by atoms with E-state index in [1.165, 1.54) is 0 Å². The van der Waals surface area contributed by atoms with Gasteiger partial charge in [-0.25, -0.2) is 0 Å². The fraction of sp³-hybridized carbons (Fsp3) is 0.286. The molecular weight excluding hydrogens is 230 g/mol. The molecule has 0 bridgehead atoms.